The van der Waals surface area contributed by atoms with E-state index in [1.54, 1.807) is 50.2 Å². The lowest BCUT2D eigenvalue weighted by Crippen LogP contribution is -2.32. The first-order valence-electron chi connectivity index (χ1n) is 9.29. The molecule has 150 valence electrons. The Morgan fingerprint density at radius 2 is 1.79 bits per heavy atom. The average Bonchev–Trinajstić information content (AvgIpc) is 2.72. The Morgan fingerprint density at radius 1 is 1.07 bits per heavy atom. The van der Waals surface area contributed by atoms with Gasteiger partial charge >= 0.3 is 5.97 Å². The summed E-state index contributed by atoms with van der Waals surface area (Å²) >= 11 is 0. The van der Waals surface area contributed by atoms with E-state index in [2.05, 4.69) is 6.58 Å². The fraction of sp³-hybridized carbons (Fsp3) is 0.174. The SMILES string of the molecule is C=CCN(c1cccc(C(=O)OCC)c1C)S(=O)(=O)c1ccc2ccccc2c1. The highest BCUT2D eigenvalue weighted by Crippen LogP contribution is 2.30. The van der Waals surface area contributed by atoms with Crippen LogP contribution in [0.5, 0.6) is 0 Å². The van der Waals surface area contributed by atoms with Crippen LogP contribution in [0.3, 0.4) is 0 Å². The van der Waals surface area contributed by atoms with Crippen LogP contribution in [-0.2, 0) is 14.8 Å². The monoisotopic (exact) mass is 409 g/mol. The summed E-state index contributed by atoms with van der Waals surface area (Å²) in [7, 11) is -3.88. The van der Waals surface area contributed by atoms with Crippen molar-refractivity contribution < 1.29 is 17.9 Å². The molecule has 3 rings (SSSR count). The van der Waals surface area contributed by atoms with Crippen LogP contribution in [-0.4, -0.2) is 27.5 Å². The van der Waals surface area contributed by atoms with Crippen molar-refractivity contribution in [2.24, 2.45) is 0 Å². The summed E-state index contributed by atoms with van der Waals surface area (Å²) < 4.78 is 33.3. The highest BCUT2D eigenvalue weighted by atomic mass is 32.2. The number of ether oxygens (including phenoxy) is 1. The van der Waals surface area contributed by atoms with Crippen LogP contribution in [0.4, 0.5) is 5.69 Å². The van der Waals surface area contributed by atoms with E-state index in [0.717, 1.165) is 10.8 Å². The summed E-state index contributed by atoms with van der Waals surface area (Å²) in [5, 5.41) is 1.80. The van der Waals surface area contributed by atoms with Crippen molar-refractivity contribution in [1.82, 2.24) is 0 Å². The van der Waals surface area contributed by atoms with Crippen molar-refractivity contribution in [2.75, 3.05) is 17.5 Å². The standard InChI is InChI=1S/C23H23NO4S/c1-4-15-24(22-12-8-11-21(17(22)3)23(25)28-5-2)29(26,27)20-14-13-18-9-6-7-10-19(18)16-20/h4,6-14,16H,1,5,15H2,2-3H3. The summed E-state index contributed by atoms with van der Waals surface area (Å²) in [6, 6.07) is 17.6. The van der Waals surface area contributed by atoms with Crippen LogP contribution < -0.4 is 4.31 Å². The first-order valence-corrected chi connectivity index (χ1v) is 10.7. The number of hydrogen-bond acceptors (Lipinski definition) is 4. The summed E-state index contributed by atoms with van der Waals surface area (Å²) in [4.78, 5) is 12.4. The van der Waals surface area contributed by atoms with Crippen molar-refractivity contribution in [3.8, 4) is 0 Å². The Morgan fingerprint density at radius 3 is 2.48 bits per heavy atom. The Bertz CT molecular complexity index is 1170. The lowest BCUT2D eigenvalue weighted by molar-refractivity contribution is 0.0525. The summed E-state index contributed by atoms with van der Waals surface area (Å²) in [5.41, 5.74) is 1.30. The number of anilines is 1. The number of benzene rings is 3. The predicted molar refractivity (Wildman–Crippen MR) is 116 cm³/mol. The Kier molecular flexibility index (Phi) is 6.03. The zero-order valence-corrected chi connectivity index (χ0v) is 17.3. The van der Waals surface area contributed by atoms with E-state index >= 15 is 0 Å². The van der Waals surface area contributed by atoms with Gasteiger partial charge in [-0.2, -0.15) is 0 Å². The van der Waals surface area contributed by atoms with Gasteiger partial charge in [-0.15, -0.1) is 6.58 Å². The Labute approximate surface area is 171 Å². The van der Waals surface area contributed by atoms with Crippen LogP contribution in [0.2, 0.25) is 0 Å². The molecular formula is C23H23NO4S. The van der Waals surface area contributed by atoms with Crippen molar-refractivity contribution in [1.29, 1.82) is 0 Å². The second kappa shape index (κ2) is 8.49. The normalized spacial score (nSPS) is 11.2. The van der Waals surface area contributed by atoms with Gasteiger partial charge in [0.25, 0.3) is 10.0 Å². The third-order valence-electron chi connectivity index (χ3n) is 4.67. The van der Waals surface area contributed by atoms with Gasteiger partial charge in [-0.25, -0.2) is 13.2 Å². The zero-order chi connectivity index (χ0) is 21.0. The van der Waals surface area contributed by atoms with E-state index in [0.29, 0.717) is 16.8 Å². The van der Waals surface area contributed by atoms with Crippen LogP contribution in [0, 0.1) is 6.92 Å². The molecule has 0 amide bonds. The minimum absolute atomic E-state index is 0.0717. The smallest absolute Gasteiger partial charge is 0.338 e. The molecule has 3 aromatic carbocycles. The molecule has 0 atom stereocenters. The predicted octanol–water partition coefficient (Wildman–Crippen LogP) is 4.71. The van der Waals surface area contributed by atoms with Crippen molar-refractivity contribution in [2.45, 2.75) is 18.7 Å². The quantitative estimate of drug-likeness (QED) is 0.419. The van der Waals surface area contributed by atoms with E-state index in [1.807, 2.05) is 24.3 Å². The van der Waals surface area contributed by atoms with Crippen molar-refractivity contribution in [3.05, 3.63) is 84.4 Å². The van der Waals surface area contributed by atoms with Crippen LogP contribution >= 0.6 is 0 Å². The van der Waals surface area contributed by atoms with Gasteiger partial charge in [0.15, 0.2) is 0 Å². The second-order valence-electron chi connectivity index (χ2n) is 6.50. The molecule has 0 aliphatic rings. The molecule has 0 saturated carbocycles. The second-order valence-corrected chi connectivity index (χ2v) is 8.37. The van der Waals surface area contributed by atoms with Gasteiger partial charge < -0.3 is 4.74 Å². The van der Waals surface area contributed by atoms with E-state index in [1.165, 1.54) is 10.4 Å². The molecule has 0 radical (unpaired) electrons. The third-order valence-corrected chi connectivity index (χ3v) is 6.45. The fourth-order valence-corrected chi connectivity index (χ4v) is 4.75. The maximum Gasteiger partial charge on any atom is 0.338 e. The van der Waals surface area contributed by atoms with Gasteiger partial charge in [0.2, 0.25) is 0 Å². The minimum Gasteiger partial charge on any atom is -0.462 e. The number of fused-ring (bicyclic) bond motifs is 1. The molecule has 0 N–H and O–H groups in total. The lowest BCUT2D eigenvalue weighted by Gasteiger charge is -2.25. The number of hydrogen-bond donors (Lipinski definition) is 0. The van der Waals surface area contributed by atoms with Gasteiger partial charge in [0, 0.05) is 0 Å². The first-order chi connectivity index (χ1) is 13.9. The summed E-state index contributed by atoms with van der Waals surface area (Å²) in [6.07, 6.45) is 1.52. The number of rotatable bonds is 7. The number of sulfonamides is 1. The number of carbonyl (C=O) groups is 1. The molecule has 0 bridgehead atoms. The largest absolute Gasteiger partial charge is 0.462 e. The highest BCUT2D eigenvalue weighted by Gasteiger charge is 2.27. The average molecular weight is 410 g/mol. The van der Waals surface area contributed by atoms with Gasteiger partial charge in [-0.1, -0.05) is 42.5 Å². The minimum atomic E-state index is -3.88. The molecule has 3 aromatic rings. The van der Waals surface area contributed by atoms with E-state index in [-0.39, 0.29) is 18.0 Å². The first kappa shape index (κ1) is 20.6. The highest BCUT2D eigenvalue weighted by molar-refractivity contribution is 7.92. The maximum atomic E-state index is 13.5. The van der Waals surface area contributed by atoms with Crippen molar-refractivity contribution in [3.63, 3.8) is 0 Å². The lowest BCUT2D eigenvalue weighted by atomic mass is 10.1. The van der Waals surface area contributed by atoms with Gasteiger partial charge in [0.1, 0.15) is 0 Å². The molecular weight excluding hydrogens is 386 g/mol. The molecule has 0 spiro atoms. The Balaban J connectivity index is 2.12. The van der Waals surface area contributed by atoms with Crippen molar-refractivity contribution >= 4 is 32.5 Å². The van der Waals surface area contributed by atoms with Gasteiger partial charge in [0.05, 0.1) is 29.3 Å². The number of carbonyl (C=O) groups excluding carboxylic acids is 1. The molecule has 0 aromatic heterocycles. The Hall–Kier alpha value is -3.12. The maximum absolute atomic E-state index is 13.5. The van der Waals surface area contributed by atoms with Gasteiger partial charge in [-0.05, 0) is 54.4 Å². The number of esters is 1. The summed E-state index contributed by atoms with van der Waals surface area (Å²) in [6.45, 7) is 7.46. The van der Waals surface area contributed by atoms with Crippen LogP contribution in [0.1, 0.15) is 22.8 Å². The molecule has 0 aliphatic carbocycles. The number of nitrogens with zero attached hydrogens (tertiary/aromatic N) is 1. The molecule has 6 heteroatoms. The fourth-order valence-electron chi connectivity index (χ4n) is 3.22. The van der Waals surface area contributed by atoms with Crippen LogP contribution in [0.15, 0.2) is 78.2 Å². The molecule has 0 unspecified atom stereocenters. The molecule has 0 heterocycles. The van der Waals surface area contributed by atoms with Gasteiger partial charge in [-0.3, -0.25) is 4.31 Å². The van der Waals surface area contributed by atoms with E-state index in [4.69, 9.17) is 4.74 Å². The topological polar surface area (TPSA) is 63.7 Å². The molecule has 5 nitrogen and oxygen atoms in total. The molecule has 0 aliphatic heterocycles. The molecule has 0 saturated heterocycles. The van der Waals surface area contributed by atoms with E-state index in [9.17, 15) is 13.2 Å². The van der Waals surface area contributed by atoms with E-state index < -0.39 is 16.0 Å². The molecule has 29 heavy (non-hydrogen) atoms. The summed E-state index contributed by atoms with van der Waals surface area (Å²) in [5.74, 6) is -0.478. The molecule has 0 fully saturated rings. The zero-order valence-electron chi connectivity index (χ0n) is 16.5. The third kappa shape index (κ3) is 4.03. The van der Waals surface area contributed by atoms with Crippen LogP contribution in [0.25, 0.3) is 10.8 Å².